The van der Waals surface area contributed by atoms with Crippen LogP contribution in [0.2, 0.25) is 0 Å². The first-order chi connectivity index (χ1) is 6.27. The van der Waals surface area contributed by atoms with Gasteiger partial charge in [-0.25, -0.2) is 0 Å². The molecule has 0 atom stereocenters. The third-order valence-electron chi connectivity index (χ3n) is 1.61. The van der Waals surface area contributed by atoms with Crippen molar-refractivity contribution in [2.45, 2.75) is 32.5 Å². The monoisotopic (exact) mass is 191 g/mol. The topological polar surface area (TPSA) is 61.7 Å². The van der Waals surface area contributed by atoms with Crippen molar-refractivity contribution in [3.63, 3.8) is 0 Å². The molecule has 0 bridgehead atoms. The summed E-state index contributed by atoms with van der Waals surface area (Å²) < 4.78 is 5.32. The van der Waals surface area contributed by atoms with Gasteiger partial charge >= 0.3 is 0 Å². The fraction of sp³-hybridized carbons (Fsp3) is 1.00. The molecule has 0 spiro atoms. The molecule has 0 saturated heterocycles. The Morgan fingerprint density at radius 2 is 1.92 bits per heavy atom. The van der Waals surface area contributed by atoms with Crippen LogP contribution in [0.3, 0.4) is 0 Å². The molecule has 3 N–H and O–H groups in total. The van der Waals surface area contributed by atoms with Crippen LogP contribution in [0.1, 0.15) is 26.2 Å². The summed E-state index contributed by atoms with van der Waals surface area (Å²) in [4.78, 5) is 0. The summed E-state index contributed by atoms with van der Waals surface area (Å²) in [6.45, 7) is 4.71. The van der Waals surface area contributed by atoms with Crippen molar-refractivity contribution in [1.82, 2.24) is 5.32 Å². The molecule has 0 heterocycles. The van der Waals surface area contributed by atoms with Crippen molar-refractivity contribution in [3.8, 4) is 0 Å². The highest BCUT2D eigenvalue weighted by Gasteiger charge is 1.94. The van der Waals surface area contributed by atoms with Gasteiger partial charge in [-0.05, 0) is 19.4 Å². The molecule has 0 unspecified atom stereocenters. The molecule has 0 aromatic heterocycles. The molecule has 0 fully saturated rings. The average Bonchev–Trinajstić information content (AvgIpc) is 2.09. The highest BCUT2D eigenvalue weighted by atomic mass is 16.5. The second-order valence-electron chi connectivity index (χ2n) is 3.00. The Kier molecular flexibility index (Phi) is 9.80. The minimum absolute atomic E-state index is 0.231. The molecule has 4 heteroatoms. The highest BCUT2D eigenvalue weighted by Crippen LogP contribution is 1.88. The molecule has 0 saturated carbocycles. The summed E-state index contributed by atoms with van der Waals surface area (Å²) in [5.41, 5.74) is 0. The molecule has 0 aromatic carbocycles. The fourth-order valence-electron chi connectivity index (χ4n) is 0.879. The summed E-state index contributed by atoms with van der Waals surface area (Å²) >= 11 is 0. The lowest BCUT2D eigenvalue weighted by atomic mass is 10.4. The van der Waals surface area contributed by atoms with Crippen LogP contribution in [0.25, 0.3) is 0 Å². The first-order valence-corrected chi connectivity index (χ1v) is 4.92. The number of hydrogen-bond acceptors (Lipinski definition) is 4. The van der Waals surface area contributed by atoms with Crippen molar-refractivity contribution in [2.75, 3.05) is 26.3 Å². The van der Waals surface area contributed by atoms with E-state index in [1.807, 2.05) is 0 Å². The van der Waals surface area contributed by atoms with Crippen molar-refractivity contribution in [3.05, 3.63) is 0 Å². The molecule has 0 rings (SSSR count). The van der Waals surface area contributed by atoms with Gasteiger partial charge in [0.05, 0.1) is 0 Å². The number of ether oxygens (including phenoxy) is 1. The lowest BCUT2D eigenvalue weighted by Gasteiger charge is -2.06. The maximum absolute atomic E-state index is 8.49. The first kappa shape index (κ1) is 12.8. The van der Waals surface area contributed by atoms with E-state index in [-0.39, 0.29) is 6.54 Å². The van der Waals surface area contributed by atoms with E-state index < -0.39 is 6.29 Å². The van der Waals surface area contributed by atoms with Crippen LogP contribution in [0.15, 0.2) is 0 Å². The molecule has 0 radical (unpaired) electrons. The molecule has 0 aliphatic carbocycles. The van der Waals surface area contributed by atoms with E-state index >= 15 is 0 Å². The minimum Gasteiger partial charge on any atom is -0.381 e. The maximum Gasteiger partial charge on any atom is 0.164 e. The van der Waals surface area contributed by atoms with Gasteiger partial charge in [-0.15, -0.1) is 0 Å². The third-order valence-corrected chi connectivity index (χ3v) is 1.61. The standard InChI is InChI=1S/C9H21NO3/c1-2-3-6-13-7-4-5-10-8-9(11)12/h9-12H,2-8H2,1H3. The summed E-state index contributed by atoms with van der Waals surface area (Å²) in [7, 11) is 0. The molecule has 0 aliphatic rings. The predicted octanol–water partition coefficient (Wildman–Crippen LogP) is 0.0935. The van der Waals surface area contributed by atoms with E-state index in [0.29, 0.717) is 0 Å². The zero-order chi connectivity index (χ0) is 9.94. The van der Waals surface area contributed by atoms with Gasteiger partial charge in [0, 0.05) is 19.8 Å². The summed E-state index contributed by atoms with van der Waals surface area (Å²) in [5.74, 6) is 0. The van der Waals surface area contributed by atoms with E-state index in [2.05, 4.69) is 12.2 Å². The zero-order valence-corrected chi connectivity index (χ0v) is 8.33. The Bertz CT molecular complexity index is 98.9. The number of unbranched alkanes of at least 4 members (excludes halogenated alkanes) is 1. The van der Waals surface area contributed by atoms with Crippen LogP contribution in [-0.4, -0.2) is 42.8 Å². The predicted molar refractivity (Wildman–Crippen MR) is 51.4 cm³/mol. The van der Waals surface area contributed by atoms with E-state index in [0.717, 1.165) is 39.0 Å². The van der Waals surface area contributed by atoms with Crippen LogP contribution in [-0.2, 0) is 4.74 Å². The maximum atomic E-state index is 8.49. The Morgan fingerprint density at radius 3 is 2.54 bits per heavy atom. The number of rotatable bonds is 9. The summed E-state index contributed by atoms with van der Waals surface area (Å²) in [5, 5.41) is 19.9. The van der Waals surface area contributed by atoms with Gasteiger partial charge in [0.1, 0.15) is 0 Å². The van der Waals surface area contributed by atoms with E-state index in [9.17, 15) is 0 Å². The van der Waals surface area contributed by atoms with Crippen LogP contribution in [0.4, 0.5) is 0 Å². The Hall–Kier alpha value is -0.160. The number of aliphatic hydroxyl groups is 2. The quantitative estimate of drug-likeness (QED) is 0.357. The van der Waals surface area contributed by atoms with Gasteiger partial charge in [-0.2, -0.15) is 0 Å². The molecular formula is C9H21NO3. The second kappa shape index (κ2) is 9.92. The Labute approximate surface area is 79.9 Å². The average molecular weight is 191 g/mol. The van der Waals surface area contributed by atoms with Crippen LogP contribution in [0, 0.1) is 0 Å². The Balaban J connectivity index is 2.84. The summed E-state index contributed by atoms with van der Waals surface area (Å²) in [6, 6.07) is 0. The van der Waals surface area contributed by atoms with Gasteiger partial charge < -0.3 is 20.3 Å². The molecule has 80 valence electrons. The lowest BCUT2D eigenvalue weighted by Crippen LogP contribution is -2.27. The number of aliphatic hydroxyl groups excluding tert-OH is 1. The number of nitrogens with one attached hydrogen (secondary N) is 1. The van der Waals surface area contributed by atoms with Crippen molar-refractivity contribution < 1.29 is 14.9 Å². The van der Waals surface area contributed by atoms with Crippen LogP contribution >= 0.6 is 0 Å². The highest BCUT2D eigenvalue weighted by molar-refractivity contribution is 4.47. The van der Waals surface area contributed by atoms with Crippen molar-refractivity contribution in [1.29, 1.82) is 0 Å². The first-order valence-electron chi connectivity index (χ1n) is 4.92. The second-order valence-corrected chi connectivity index (χ2v) is 3.00. The molecule has 4 nitrogen and oxygen atoms in total. The molecular weight excluding hydrogens is 170 g/mol. The van der Waals surface area contributed by atoms with E-state index in [4.69, 9.17) is 14.9 Å². The van der Waals surface area contributed by atoms with Crippen LogP contribution in [0.5, 0.6) is 0 Å². The molecule has 0 amide bonds. The van der Waals surface area contributed by atoms with Gasteiger partial charge in [-0.1, -0.05) is 13.3 Å². The molecule has 0 aromatic rings. The van der Waals surface area contributed by atoms with E-state index in [1.54, 1.807) is 0 Å². The largest absolute Gasteiger partial charge is 0.381 e. The Morgan fingerprint density at radius 1 is 1.23 bits per heavy atom. The number of hydrogen-bond donors (Lipinski definition) is 3. The minimum atomic E-state index is -1.25. The normalized spacial score (nSPS) is 11.1. The molecule has 0 aliphatic heterocycles. The van der Waals surface area contributed by atoms with Gasteiger partial charge in [0.15, 0.2) is 6.29 Å². The van der Waals surface area contributed by atoms with Gasteiger partial charge in [0.2, 0.25) is 0 Å². The zero-order valence-electron chi connectivity index (χ0n) is 8.33. The fourth-order valence-corrected chi connectivity index (χ4v) is 0.879. The summed E-state index contributed by atoms with van der Waals surface area (Å²) in [6.07, 6.45) is 1.94. The van der Waals surface area contributed by atoms with Gasteiger partial charge in [-0.3, -0.25) is 0 Å². The van der Waals surface area contributed by atoms with Gasteiger partial charge in [0.25, 0.3) is 0 Å². The smallest absolute Gasteiger partial charge is 0.164 e. The molecule has 13 heavy (non-hydrogen) atoms. The third kappa shape index (κ3) is 11.8. The lowest BCUT2D eigenvalue weighted by molar-refractivity contribution is -0.0373. The van der Waals surface area contributed by atoms with Crippen LogP contribution < -0.4 is 5.32 Å². The van der Waals surface area contributed by atoms with Crippen molar-refractivity contribution >= 4 is 0 Å². The SMILES string of the molecule is CCCCOCCCNCC(O)O. The van der Waals surface area contributed by atoms with E-state index in [1.165, 1.54) is 0 Å². The van der Waals surface area contributed by atoms with Crippen molar-refractivity contribution in [2.24, 2.45) is 0 Å².